The molecule has 0 saturated heterocycles. The van der Waals surface area contributed by atoms with Crippen LogP contribution in [0.1, 0.15) is 18.1 Å². The highest BCUT2D eigenvalue weighted by molar-refractivity contribution is 9.10. The fourth-order valence-electron chi connectivity index (χ4n) is 1.68. The fourth-order valence-corrected chi connectivity index (χ4v) is 2.82. The van der Waals surface area contributed by atoms with E-state index in [4.69, 9.17) is 0 Å². The van der Waals surface area contributed by atoms with Gasteiger partial charge in [-0.1, -0.05) is 46.7 Å². The van der Waals surface area contributed by atoms with Gasteiger partial charge in [0.1, 0.15) is 0 Å². The first-order valence-corrected chi connectivity index (χ1v) is 7.33. The molecule has 0 heterocycles. The van der Waals surface area contributed by atoms with Crippen molar-refractivity contribution in [2.75, 3.05) is 0 Å². The molecule has 0 aliphatic heterocycles. The number of hydrogen-bond donors (Lipinski definition) is 0. The zero-order chi connectivity index (χ0) is 12.3. The minimum atomic E-state index is 1.10. The second-order valence-electron chi connectivity index (χ2n) is 4.01. The molecule has 2 rings (SSSR count). The van der Waals surface area contributed by atoms with Crippen LogP contribution in [-0.4, -0.2) is 0 Å². The van der Waals surface area contributed by atoms with Gasteiger partial charge in [0.05, 0.1) is 0 Å². The van der Waals surface area contributed by atoms with Gasteiger partial charge in [-0.25, -0.2) is 0 Å². The van der Waals surface area contributed by atoms with E-state index < -0.39 is 0 Å². The molecule has 0 bridgehead atoms. The molecule has 0 aromatic heterocycles. The highest BCUT2D eigenvalue weighted by atomic mass is 79.9. The van der Waals surface area contributed by atoms with E-state index in [1.807, 2.05) is 11.8 Å². The van der Waals surface area contributed by atoms with Crippen molar-refractivity contribution in [1.82, 2.24) is 0 Å². The van der Waals surface area contributed by atoms with Crippen LogP contribution in [0.5, 0.6) is 0 Å². The molecule has 0 unspecified atom stereocenters. The van der Waals surface area contributed by atoms with Crippen LogP contribution in [0.2, 0.25) is 0 Å². The van der Waals surface area contributed by atoms with Gasteiger partial charge < -0.3 is 0 Å². The Kier molecular flexibility index (Phi) is 4.30. The zero-order valence-corrected chi connectivity index (χ0v) is 12.4. The van der Waals surface area contributed by atoms with Gasteiger partial charge in [0.2, 0.25) is 0 Å². The Hall–Kier alpha value is -0.730. The second kappa shape index (κ2) is 5.74. The van der Waals surface area contributed by atoms with E-state index in [0.717, 1.165) is 10.9 Å². The van der Waals surface area contributed by atoms with Crippen molar-refractivity contribution >= 4 is 27.7 Å². The summed E-state index contributed by atoms with van der Waals surface area (Å²) in [5, 5.41) is 0. The predicted molar refractivity (Wildman–Crippen MR) is 78.8 cm³/mol. The van der Waals surface area contributed by atoms with Gasteiger partial charge in [0.15, 0.2) is 0 Å². The van der Waals surface area contributed by atoms with E-state index in [-0.39, 0.29) is 0 Å². The van der Waals surface area contributed by atoms with Crippen molar-refractivity contribution in [3.05, 3.63) is 58.1 Å². The molecule has 0 spiro atoms. The summed E-state index contributed by atoms with van der Waals surface area (Å²) in [6.07, 6.45) is 1.10. The van der Waals surface area contributed by atoms with E-state index >= 15 is 0 Å². The molecule has 0 amide bonds. The van der Waals surface area contributed by atoms with Gasteiger partial charge in [-0.3, -0.25) is 0 Å². The number of benzene rings is 2. The van der Waals surface area contributed by atoms with E-state index in [2.05, 4.69) is 72.2 Å². The summed E-state index contributed by atoms with van der Waals surface area (Å²) in [7, 11) is 0. The Balaban J connectivity index is 2.21. The van der Waals surface area contributed by atoms with Crippen LogP contribution in [0.15, 0.2) is 56.7 Å². The lowest BCUT2D eigenvalue weighted by Gasteiger charge is -2.07. The molecule has 0 aliphatic carbocycles. The molecular weight excluding hydrogens is 292 g/mol. The molecule has 2 aromatic carbocycles. The zero-order valence-electron chi connectivity index (χ0n) is 10.0. The van der Waals surface area contributed by atoms with Crippen LogP contribution in [-0.2, 0) is 6.42 Å². The SMILES string of the molecule is CCc1ccc(Sc2ccc(Br)cc2)c(C)c1. The van der Waals surface area contributed by atoms with Crippen LogP contribution in [0.3, 0.4) is 0 Å². The van der Waals surface area contributed by atoms with Gasteiger partial charge in [0, 0.05) is 14.3 Å². The number of aryl methyl sites for hydroxylation is 2. The van der Waals surface area contributed by atoms with Crippen molar-refractivity contribution in [2.24, 2.45) is 0 Å². The molecule has 0 aliphatic rings. The lowest BCUT2D eigenvalue weighted by atomic mass is 10.1. The molecule has 17 heavy (non-hydrogen) atoms. The van der Waals surface area contributed by atoms with Gasteiger partial charge >= 0.3 is 0 Å². The van der Waals surface area contributed by atoms with Crippen LogP contribution in [0, 0.1) is 6.92 Å². The maximum atomic E-state index is 3.45. The number of halogens is 1. The molecular formula is C15H15BrS. The van der Waals surface area contributed by atoms with E-state index in [1.54, 1.807) is 0 Å². The summed E-state index contributed by atoms with van der Waals surface area (Å²) < 4.78 is 1.12. The standard InChI is InChI=1S/C15H15BrS/c1-3-12-4-9-15(11(2)10-12)17-14-7-5-13(16)6-8-14/h4-10H,3H2,1-2H3. The first-order valence-electron chi connectivity index (χ1n) is 5.72. The Labute approximate surface area is 116 Å². The third-order valence-corrected chi connectivity index (χ3v) is 4.40. The van der Waals surface area contributed by atoms with Crippen molar-refractivity contribution in [1.29, 1.82) is 0 Å². The maximum Gasteiger partial charge on any atom is 0.0176 e. The van der Waals surface area contributed by atoms with Crippen LogP contribution >= 0.6 is 27.7 Å². The van der Waals surface area contributed by atoms with Crippen molar-refractivity contribution in [3.8, 4) is 0 Å². The first kappa shape index (κ1) is 12.7. The average Bonchev–Trinajstić information content (AvgIpc) is 2.34. The first-order chi connectivity index (χ1) is 8.19. The molecule has 0 N–H and O–H groups in total. The van der Waals surface area contributed by atoms with Gasteiger partial charge in [-0.15, -0.1) is 0 Å². The van der Waals surface area contributed by atoms with E-state index in [9.17, 15) is 0 Å². The largest absolute Gasteiger partial charge is 0.0898 e. The fraction of sp³-hybridized carbons (Fsp3) is 0.200. The molecule has 0 saturated carbocycles. The lowest BCUT2D eigenvalue weighted by molar-refractivity contribution is 1.11. The smallest absolute Gasteiger partial charge is 0.0176 e. The summed E-state index contributed by atoms with van der Waals surface area (Å²) in [6, 6.07) is 15.2. The van der Waals surface area contributed by atoms with E-state index in [1.165, 1.54) is 20.9 Å². The Morgan fingerprint density at radius 2 is 1.76 bits per heavy atom. The predicted octanol–water partition coefficient (Wildman–Crippen LogP) is 5.47. The molecule has 88 valence electrons. The van der Waals surface area contributed by atoms with Crippen molar-refractivity contribution in [2.45, 2.75) is 30.1 Å². The number of rotatable bonds is 3. The highest BCUT2D eigenvalue weighted by Gasteiger charge is 2.02. The third-order valence-electron chi connectivity index (χ3n) is 2.69. The van der Waals surface area contributed by atoms with E-state index in [0.29, 0.717) is 0 Å². The minimum Gasteiger partial charge on any atom is -0.0898 e. The summed E-state index contributed by atoms with van der Waals surface area (Å²) in [4.78, 5) is 2.62. The summed E-state index contributed by atoms with van der Waals surface area (Å²) in [5.41, 5.74) is 2.76. The summed E-state index contributed by atoms with van der Waals surface area (Å²) in [6.45, 7) is 4.37. The summed E-state index contributed by atoms with van der Waals surface area (Å²) >= 11 is 5.28. The van der Waals surface area contributed by atoms with Gasteiger partial charge in [-0.2, -0.15) is 0 Å². The van der Waals surface area contributed by atoms with Crippen molar-refractivity contribution < 1.29 is 0 Å². The van der Waals surface area contributed by atoms with Crippen LogP contribution in [0.4, 0.5) is 0 Å². The minimum absolute atomic E-state index is 1.10. The van der Waals surface area contributed by atoms with Crippen LogP contribution < -0.4 is 0 Å². The molecule has 0 fully saturated rings. The number of hydrogen-bond acceptors (Lipinski definition) is 1. The quantitative estimate of drug-likeness (QED) is 0.724. The second-order valence-corrected chi connectivity index (χ2v) is 6.04. The molecule has 0 nitrogen and oxygen atoms in total. The molecule has 0 atom stereocenters. The highest BCUT2D eigenvalue weighted by Crippen LogP contribution is 2.31. The Morgan fingerprint density at radius 1 is 1.06 bits per heavy atom. The van der Waals surface area contributed by atoms with Gasteiger partial charge in [0.25, 0.3) is 0 Å². The Bertz CT molecular complexity index is 503. The average molecular weight is 307 g/mol. The lowest BCUT2D eigenvalue weighted by Crippen LogP contribution is -1.85. The maximum absolute atomic E-state index is 3.45. The van der Waals surface area contributed by atoms with Crippen molar-refractivity contribution in [3.63, 3.8) is 0 Å². The normalized spacial score (nSPS) is 10.5. The summed E-state index contributed by atoms with van der Waals surface area (Å²) in [5.74, 6) is 0. The van der Waals surface area contributed by atoms with Crippen LogP contribution in [0.25, 0.3) is 0 Å². The topological polar surface area (TPSA) is 0 Å². The Morgan fingerprint density at radius 3 is 2.35 bits per heavy atom. The molecule has 2 heteroatoms. The molecule has 0 radical (unpaired) electrons. The van der Waals surface area contributed by atoms with Gasteiger partial charge in [-0.05, 0) is 54.8 Å². The monoisotopic (exact) mass is 306 g/mol. The third kappa shape index (κ3) is 3.36. The molecule has 2 aromatic rings.